The largest absolute Gasteiger partial charge is 0.377 e. The Labute approximate surface area is 153 Å². The van der Waals surface area contributed by atoms with E-state index in [1.807, 2.05) is 24.3 Å². The monoisotopic (exact) mass is 350 g/mol. The van der Waals surface area contributed by atoms with Gasteiger partial charge in [-0.25, -0.2) is 0 Å². The second-order valence-electron chi connectivity index (χ2n) is 5.83. The number of fused-ring (bicyclic) bond motifs is 1. The van der Waals surface area contributed by atoms with Gasteiger partial charge in [0.15, 0.2) is 5.17 Å². The average molecular weight is 350 g/mol. The number of nitrogens with two attached hydrogens (primary N) is 1. The highest BCUT2D eigenvalue weighted by Gasteiger charge is 2.17. The summed E-state index contributed by atoms with van der Waals surface area (Å²) in [5.41, 5.74) is 10.8. The van der Waals surface area contributed by atoms with E-state index in [2.05, 4.69) is 52.0 Å². The van der Waals surface area contributed by atoms with E-state index in [0.717, 1.165) is 30.8 Å². The first kappa shape index (κ1) is 17.3. The molecule has 0 radical (unpaired) electrons. The normalized spacial score (nSPS) is 14.1. The first-order valence-corrected chi connectivity index (χ1v) is 9.27. The van der Waals surface area contributed by atoms with Crippen molar-refractivity contribution in [2.24, 2.45) is 15.9 Å². The third-order valence-corrected chi connectivity index (χ3v) is 4.89. The van der Waals surface area contributed by atoms with Crippen LogP contribution in [0, 0.1) is 0 Å². The predicted molar refractivity (Wildman–Crippen MR) is 110 cm³/mol. The minimum Gasteiger partial charge on any atom is -0.377 e. The molecule has 0 aromatic heterocycles. The number of hydrogen-bond acceptors (Lipinski definition) is 4. The highest BCUT2D eigenvalue weighted by atomic mass is 32.2. The summed E-state index contributed by atoms with van der Waals surface area (Å²) in [6.07, 6.45) is 4.75. The van der Waals surface area contributed by atoms with Crippen molar-refractivity contribution in [2.75, 3.05) is 18.0 Å². The number of amidine groups is 1. The lowest BCUT2D eigenvalue weighted by molar-refractivity contribution is 0.905. The van der Waals surface area contributed by atoms with Crippen molar-refractivity contribution in [3.8, 4) is 0 Å². The van der Waals surface area contributed by atoms with Crippen LogP contribution in [0.2, 0.25) is 0 Å². The number of thioether (sulfide) groups is 1. The van der Waals surface area contributed by atoms with Gasteiger partial charge >= 0.3 is 0 Å². The molecule has 2 N–H and O–H groups in total. The molecule has 0 unspecified atom stereocenters. The number of hydrogen-bond donors (Lipinski definition) is 1. The minimum atomic E-state index is 0.471. The number of anilines is 1. The zero-order valence-electron chi connectivity index (χ0n) is 14.1. The van der Waals surface area contributed by atoms with E-state index in [-0.39, 0.29) is 0 Å². The van der Waals surface area contributed by atoms with Gasteiger partial charge in [0.1, 0.15) is 0 Å². The van der Waals surface area contributed by atoms with Crippen molar-refractivity contribution < 1.29 is 0 Å². The van der Waals surface area contributed by atoms with Gasteiger partial charge < -0.3 is 10.6 Å². The quantitative estimate of drug-likeness (QED) is 0.373. The van der Waals surface area contributed by atoms with Gasteiger partial charge in [0.25, 0.3) is 0 Å². The van der Waals surface area contributed by atoms with E-state index in [9.17, 15) is 0 Å². The van der Waals surface area contributed by atoms with Crippen molar-refractivity contribution in [3.63, 3.8) is 0 Å². The van der Waals surface area contributed by atoms with Gasteiger partial charge in [-0.1, -0.05) is 54.2 Å². The molecule has 3 rings (SSSR count). The topological polar surface area (TPSA) is 54.0 Å². The maximum absolute atomic E-state index is 5.91. The summed E-state index contributed by atoms with van der Waals surface area (Å²) in [6.45, 7) is 5.75. The Bertz CT molecular complexity index is 784. The molecule has 2 aromatic carbocycles. The van der Waals surface area contributed by atoms with Gasteiger partial charge in [-0.2, -0.15) is 5.10 Å². The second kappa shape index (κ2) is 8.53. The van der Waals surface area contributed by atoms with Crippen LogP contribution in [0.5, 0.6) is 0 Å². The molecule has 4 nitrogen and oxygen atoms in total. The summed E-state index contributed by atoms with van der Waals surface area (Å²) >= 11 is 1.49. The Hall–Kier alpha value is -2.53. The second-order valence-corrected chi connectivity index (χ2v) is 6.83. The fraction of sp³-hybridized carbons (Fsp3) is 0.200. The van der Waals surface area contributed by atoms with Crippen LogP contribution >= 0.6 is 11.8 Å². The molecule has 0 aliphatic carbocycles. The molecule has 0 amide bonds. The first-order chi connectivity index (χ1) is 12.3. The zero-order chi connectivity index (χ0) is 17.5. The van der Waals surface area contributed by atoms with Crippen LogP contribution in [-0.2, 0) is 12.2 Å². The van der Waals surface area contributed by atoms with Crippen LogP contribution in [0.25, 0.3) is 0 Å². The lowest BCUT2D eigenvalue weighted by Gasteiger charge is -2.16. The Kier molecular flexibility index (Phi) is 5.90. The van der Waals surface area contributed by atoms with Gasteiger partial charge in [-0.15, -0.1) is 11.7 Å². The molecule has 0 saturated carbocycles. The summed E-state index contributed by atoms with van der Waals surface area (Å²) in [5.74, 6) is 0.795. The van der Waals surface area contributed by atoms with E-state index in [4.69, 9.17) is 5.73 Å². The molecule has 0 atom stereocenters. The molecule has 0 bridgehead atoms. The third-order valence-electron chi connectivity index (χ3n) is 4.04. The van der Waals surface area contributed by atoms with Crippen LogP contribution < -0.4 is 10.6 Å². The molecular formula is C20H22N4S. The maximum atomic E-state index is 5.91. The van der Waals surface area contributed by atoms with E-state index in [1.54, 1.807) is 6.21 Å². The summed E-state index contributed by atoms with van der Waals surface area (Å²) in [6, 6.07) is 16.6. The van der Waals surface area contributed by atoms with Gasteiger partial charge in [0.2, 0.25) is 0 Å². The molecular weight excluding hydrogens is 328 g/mol. The molecule has 1 heterocycles. The van der Waals surface area contributed by atoms with Crippen LogP contribution in [0.15, 0.2) is 71.4 Å². The van der Waals surface area contributed by atoms with E-state index in [1.165, 1.54) is 28.6 Å². The Morgan fingerprint density at radius 1 is 1.24 bits per heavy atom. The smallest absolute Gasteiger partial charge is 0.180 e. The van der Waals surface area contributed by atoms with E-state index < -0.39 is 0 Å². The van der Waals surface area contributed by atoms with E-state index in [0.29, 0.717) is 5.17 Å². The van der Waals surface area contributed by atoms with Gasteiger partial charge in [-0.3, -0.25) is 0 Å². The Morgan fingerprint density at radius 3 is 2.88 bits per heavy atom. The molecule has 5 heteroatoms. The average Bonchev–Trinajstić information content (AvgIpc) is 3.03. The van der Waals surface area contributed by atoms with E-state index >= 15 is 0 Å². The number of nitrogens with zero attached hydrogens (tertiary/aromatic N) is 3. The third kappa shape index (κ3) is 4.73. The molecule has 0 saturated heterocycles. The molecule has 1 aliphatic heterocycles. The SMILES string of the molecule is C=CCN1CCc2cc(C=NN=C(N)SCc3ccccc3)ccc21. The number of rotatable bonds is 6. The van der Waals surface area contributed by atoms with Crippen molar-refractivity contribution in [1.82, 2.24) is 0 Å². The first-order valence-electron chi connectivity index (χ1n) is 8.28. The number of benzene rings is 2. The fourth-order valence-electron chi connectivity index (χ4n) is 2.83. The van der Waals surface area contributed by atoms with Gasteiger partial charge in [-0.05, 0) is 35.2 Å². The van der Waals surface area contributed by atoms with Crippen molar-refractivity contribution in [1.29, 1.82) is 0 Å². The molecule has 0 fully saturated rings. The summed E-state index contributed by atoms with van der Waals surface area (Å²) in [4.78, 5) is 2.33. The summed E-state index contributed by atoms with van der Waals surface area (Å²) in [5, 5.41) is 8.67. The molecule has 2 aromatic rings. The highest BCUT2D eigenvalue weighted by molar-refractivity contribution is 8.13. The van der Waals surface area contributed by atoms with Crippen molar-refractivity contribution >= 4 is 28.8 Å². The maximum Gasteiger partial charge on any atom is 0.180 e. The predicted octanol–water partition coefficient (Wildman–Crippen LogP) is 3.82. The Balaban J connectivity index is 1.57. The molecule has 0 spiro atoms. The standard InChI is InChI=1S/C20H22N4S/c1-2-11-24-12-10-18-13-17(8-9-19(18)24)14-22-23-20(21)25-15-16-6-4-3-5-7-16/h2-9,13-14H,1,10-12,15H2,(H2,21,23). The highest BCUT2D eigenvalue weighted by Crippen LogP contribution is 2.28. The molecule has 128 valence electrons. The minimum absolute atomic E-state index is 0.471. The van der Waals surface area contributed by atoms with Gasteiger partial charge in [0, 0.05) is 24.5 Å². The van der Waals surface area contributed by atoms with Crippen LogP contribution in [0.1, 0.15) is 16.7 Å². The van der Waals surface area contributed by atoms with Crippen LogP contribution in [-0.4, -0.2) is 24.5 Å². The fourth-order valence-corrected chi connectivity index (χ4v) is 3.44. The van der Waals surface area contributed by atoms with Crippen LogP contribution in [0.4, 0.5) is 5.69 Å². The lowest BCUT2D eigenvalue weighted by Crippen LogP contribution is -2.19. The molecule has 25 heavy (non-hydrogen) atoms. The molecule has 1 aliphatic rings. The summed E-state index contributed by atoms with van der Waals surface area (Å²) < 4.78 is 0. The van der Waals surface area contributed by atoms with Gasteiger partial charge in [0.05, 0.1) is 6.21 Å². The summed E-state index contributed by atoms with van der Waals surface area (Å²) in [7, 11) is 0. The lowest BCUT2D eigenvalue weighted by atomic mass is 10.1. The Morgan fingerprint density at radius 2 is 2.08 bits per heavy atom. The van der Waals surface area contributed by atoms with Crippen LogP contribution in [0.3, 0.4) is 0 Å². The van der Waals surface area contributed by atoms with Crippen molar-refractivity contribution in [3.05, 3.63) is 77.9 Å². The zero-order valence-corrected chi connectivity index (χ0v) is 15.0. The van der Waals surface area contributed by atoms with Crippen molar-refractivity contribution in [2.45, 2.75) is 12.2 Å².